The van der Waals surface area contributed by atoms with Crippen LogP contribution in [0.5, 0.6) is 0 Å². The topological polar surface area (TPSA) is 26.0 Å². The van der Waals surface area contributed by atoms with Gasteiger partial charge in [0.25, 0.3) is 0 Å². The second kappa shape index (κ2) is 5.45. The monoisotopic (exact) mass is 249 g/mol. The number of hydrogen-bond donors (Lipinski definition) is 1. The van der Waals surface area contributed by atoms with Crippen LogP contribution in [-0.4, -0.2) is 11.3 Å². The van der Waals surface area contributed by atoms with Crippen molar-refractivity contribution in [2.75, 3.05) is 0 Å². The van der Waals surface area contributed by atoms with E-state index in [0.717, 1.165) is 11.8 Å². The Kier molecular flexibility index (Phi) is 4.16. The lowest BCUT2D eigenvalue weighted by Crippen LogP contribution is -2.42. The van der Waals surface area contributed by atoms with Gasteiger partial charge in [-0.3, -0.25) is 0 Å². The zero-order chi connectivity index (χ0) is 12.4. The van der Waals surface area contributed by atoms with E-state index in [2.05, 4.69) is 45.0 Å². The molecule has 1 nitrogen and oxygen atoms in total. The lowest BCUT2D eigenvalue weighted by Gasteiger charge is -2.37. The van der Waals surface area contributed by atoms with Gasteiger partial charge in [0.1, 0.15) is 0 Å². The summed E-state index contributed by atoms with van der Waals surface area (Å²) in [6.07, 6.45) is 2.49. The molecule has 2 N–H and O–H groups in total. The number of hydrogen-bond acceptors (Lipinski definition) is 2. The van der Waals surface area contributed by atoms with E-state index in [1.807, 2.05) is 11.8 Å². The van der Waals surface area contributed by atoms with E-state index in [4.69, 9.17) is 5.73 Å². The Morgan fingerprint density at radius 3 is 2.35 bits per heavy atom. The van der Waals surface area contributed by atoms with Crippen LogP contribution in [0.15, 0.2) is 29.2 Å². The smallest absolute Gasteiger partial charge is 0.0272 e. The van der Waals surface area contributed by atoms with E-state index in [1.54, 1.807) is 0 Å². The summed E-state index contributed by atoms with van der Waals surface area (Å²) in [7, 11) is 0. The number of thioether (sulfide) groups is 1. The SMILES string of the molecule is Cc1ccc(SC2C(C)CC(C)CC2N)cc1. The Morgan fingerprint density at radius 1 is 1.12 bits per heavy atom. The molecule has 0 radical (unpaired) electrons. The summed E-state index contributed by atoms with van der Waals surface area (Å²) in [5.74, 6) is 1.51. The molecule has 0 saturated heterocycles. The quantitative estimate of drug-likeness (QED) is 0.861. The molecule has 1 saturated carbocycles. The highest BCUT2D eigenvalue weighted by Crippen LogP contribution is 2.38. The predicted molar refractivity (Wildman–Crippen MR) is 76.4 cm³/mol. The first-order valence-corrected chi connectivity index (χ1v) is 7.43. The standard InChI is InChI=1S/C15H23NS/c1-10-4-6-13(7-5-10)17-15-12(3)8-11(2)9-14(15)16/h4-7,11-12,14-15H,8-9,16H2,1-3H3. The Bertz CT molecular complexity index is 348. The van der Waals surface area contributed by atoms with E-state index in [9.17, 15) is 0 Å². The van der Waals surface area contributed by atoms with E-state index < -0.39 is 0 Å². The van der Waals surface area contributed by atoms with Crippen LogP contribution in [-0.2, 0) is 0 Å². The fourth-order valence-electron chi connectivity index (χ4n) is 2.86. The summed E-state index contributed by atoms with van der Waals surface area (Å²) < 4.78 is 0. The fraction of sp³-hybridized carbons (Fsp3) is 0.600. The van der Waals surface area contributed by atoms with Gasteiger partial charge in [-0.25, -0.2) is 0 Å². The zero-order valence-corrected chi connectivity index (χ0v) is 11.8. The molecular formula is C15H23NS. The summed E-state index contributed by atoms with van der Waals surface area (Å²) in [5, 5.41) is 0.578. The minimum absolute atomic E-state index is 0.347. The summed E-state index contributed by atoms with van der Waals surface area (Å²) in [6.45, 7) is 6.80. The first kappa shape index (κ1) is 13.0. The van der Waals surface area contributed by atoms with Crippen molar-refractivity contribution >= 4 is 11.8 Å². The molecular weight excluding hydrogens is 226 g/mol. The van der Waals surface area contributed by atoms with Crippen LogP contribution in [0, 0.1) is 18.8 Å². The van der Waals surface area contributed by atoms with Crippen LogP contribution >= 0.6 is 11.8 Å². The minimum atomic E-state index is 0.347. The average molecular weight is 249 g/mol. The lowest BCUT2D eigenvalue weighted by molar-refractivity contribution is 0.279. The van der Waals surface area contributed by atoms with Crippen LogP contribution in [0.3, 0.4) is 0 Å². The fourth-order valence-corrected chi connectivity index (χ4v) is 4.10. The van der Waals surface area contributed by atoms with Gasteiger partial charge in [-0.05, 0) is 43.7 Å². The second-order valence-corrected chi connectivity index (χ2v) is 6.86. The molecule has 4 unspecified atom stereocenters. The maximum Gasteiger partial charge on any atom is 0.0272 e. The molecule has 1 aromatic carbocycles. The molecule has 1 aromatic rings. The third-order valence-electron chi connectivity index (χ3n) is 3.72. The summed E-state index contributed by atoms with van der Waals surface area (Å²) >= 11 is 1.97. The average Bonchev–Trinajstić information content (AvgIpc) is 2.26. The first-order chi connectivity index (χ1) is 8.06. The Balaban J connectivity index is 2.04. The van der Waals surface area contributed by atoms with Gasteiger partial charge >= 0.3 is 0 Å². The zero-order valence-electron chi connectivity index (χ0n) is 11.0. The van der Waals surface area contributed by atoms with Crippen molar-refractivity contribution in [1.82, 2.24) is 0 Å². The molecule has 94 valence electrons. The largest absolute Gasteiger partial charge is 0.327 e. The van der Waals surface area contributed by atoms with E-state index >= 15 is 0 Å². The first-order valence-electron chi connectivity index (χ1n) is 6.55. The van der Waals surface area contributed by atoms with Gasteiger partial charge in [0.15, 0.2) is 0 Å². The second-order valence-electron chi connectivity index (χ2n) is 5.61. The molecule has 2 heteroatoms. The maximum atomic E-state index is 6.32. The summed E-state index contributed by atoms with van der Waals surface area (Å²) in [4.78, 5) is 1.36. The van der Waals surface area contributed by atoms with Gasteiger partial charge in [0.2, 0.25) is 0 Å². The predicted octanol–water partition coefficient (Wildman–Crippen LogP) is 3.85. The van der Waals surface area contributed by atoms with E-state index in [1.165, 1.54) is 23.3 Å². The van der Waals surface area contributed by atoms with Crippen LogP contribution in [0.25, 0.3) is 0 Å². The molecule has 0 amide bonds. The maximum absolute atomic E-state index is 6.32. The Labute approximate surface area is 109 Å². The van der Waals surface area contributed by atoms with Crippen molar-refractivity contribution in [2.24, 2.45) is 17.6 Å². The molecule has 2 rings (SSSR count). The van der Waals surface area contributed by atoms with E-state index in [0.29, 0.717) is 11.3 Å². The molecule has 4 atom stereocenters. The van der Waals surface area contributed by atoms with Crippen molar-refractivity contribution in [1.29, 1.82) is 0 Å². The molecule has 0 spiro atoms. The van der Waals surface area contributed by atoms with Crippen LogP contribution in [0.2, 0.25) is 0 Å². The van der Waals surface area contributed by atoms with Crippen molar-refractivity contribution in [3.8, 4) is 0 Å². The molecule has 0 heterocycles. The van der Waals surface area contributed by atoms with Crippen LogP contribution < -0.4 is 5.73 Å². The highest BCUT2D eigenvalue weighted by Gasteiger charge is 2.32. The van der Waals surface area contributed by atoms with Gasteiger partial charge in [-0.1, -0.05) is 31.5 Å². The minimum Gasteiger partial charge on any atom is -0.327 e. The number of nitrogens with two attached hydrogens (primary N) is 1. The van der Waals surface area contributed by atoms with Crippen molar-refractivity contribution in [3.63, 3.8) is 0 Å². The molecule has 0 bridgehead atoms. The molecule has 1 fully saturated rings. The number of aryl methyl sites for hydroxylation is 1. The van der Waals surface area contributed by atoms with Gasteiger partial charge in [-0.15, -0.1) is 11.8 Å². The van der Waals surface area contributed by atoms with Gasteiger partial charge in [0, 0.05) is 16.2 Å². The molecule has 17 heavy (non-hydrogen) atoms. The van der Waals surface area contributed by atoms with Gasteiger partial charge < -0.3 is 5.73 Å². The highest BCUT2D eigenvalue weighted by molar-refractivity contribution is 8.00. The molecule has 1 aliphatic rings. The Morgan fingerprint density at radius 2 is 1.76 bits per heavy atom. The summed E-state index contributed by atoms with van der Waals surface area (Å²) in [6, 6.07) is 9.16. The lowest BCUT2D eigenvalue weighted by atomic mass is 9.80. The molecule has 0 aromatic heterocycles. The third kappa shape index (κ3) is 3.26. The van der Waals surface area contributed by atoms with Gasteiger partial charge in [0.05, 0.1) is 0 Å². The van der Waals surface area contributed by atoms with E-state index in [-0.39, 0.29) is 0 Å². The molecule has 0 aliphatic heterocycles. The normalized spacial score (nSPS) is 33.6. The summed E-state index contributed by atoms with van der Waals surface area (Å²) in [5.41, 5.74) is 7.64. The Hall–Kier alpha value is -0.470. The molecule has 1 aliphatic carbocycles. The van der Waals surface area contributed by atoms with Crippen LogP contribution in [0.1, 0.15) is 32.3 Å². The third-order valence-corrected chi connectivity index (χ3v) is 5.36. The number of rotatable bonds is 2. The highest BCUT2D eigenvalue weighted by atomic mass is 32.2. The number of benzene rings is 1. The van der Waals surface area contributed by atoms with Crippen molar-refractivity contribution in [2.45, 2.75) is 49.8 Å². The van der Waals surface area contributed by atoms with Gasteiger partial charge in [-0.2, -0.15) is 0 Å². The van der Waals surface area contributed by atoms with Crippen molar-refractivity contribution < 1.29 is 0 Å². The van der Waals surface area contributed by atoms with Crippen molar-refractivity contribution in [3.05, 3.63) is 29.8 Å². The van der Waals surface area contributed by atoms with Crippen LogP contribution in [0.4, 0.5) is 0 Å².